The van der Waals surface area contributed by atoms with Crippen molar-refractivity contribution in [3.05, 3.63) is 47.2 Å². The van der Waals surface area contributed by atoms with Gasteiger partial charge in [0, 0.05) is 22.3 Å². The first kappa shape index (κ1) is 14.4. The maximum Gasteiger partial charge on any atom is 0.159 e. The van der Waals surface area contributed by atoms with Crippen molar-refractivity contribution in [1.29, 1.82) is 0 Å². The zero-order valence-electron chi connectivity index (χ0n) is 10.5. The molecule has 5 nitrogen and oxygen atoms in total. The largest absolute Gasteiger partial charge is 0.393 e. The molecule has 1 aromatic carbocycles. The van der Waals surface area contributed by atoms with E-state index >= 15 is 0 Å². The lowest BCUT2D eigenvalue weighted by atomic mass is 10.3. The Labute approximate surface area is 126 Å². The summed E-state index contributed by atoms with van der Waals surface area (Å²) in [4.78, 5) is 8.17. The van der Waals surface area contributed by atoms with Crippen LogP contribution in [0.1, 0.15) is 0 Å². The van der Waals surface area contributed by atoms with E-state index in [2.05, 4.69) is 27.2 Å². The Morgan fingerprint density at radius 3 is 2.45 bits per heavy atom. The van der Waals surface area contributed by atoms with Gasteiger partial charge >= 0.3 is 0 Å². The van der Waals surface area contributed by atoms with Crippen LogP contribution in [0.5, 0.6) is 0 Å². The number of benzene rings is 1. The number of hydrogen-bond acceptors (Lipinski definition) is 5. The lowest BCUT2D eigenvalue weighted by Crippen LogP contribution is -2.07. The molecular formula is C13H13Cl2N5. The molecule has 0 saturated heterocycles. The summed E-state index contributed by atoms with van der Waals surface area (Å²) in [5.74, 6) is 1.01. The topological polar surface area (TPSA) is 75.9 Å². The Bertz CT molecular complexity index is 610. The number of nitrogens with two attached hydrogens (primary N) is 1. The predicted molar refractivity (Wildman–Crippen MR) is 84.9 cm³/mol. The number of hydrogen-bond donors (Lipinski definition) is 3. The standard InChI is InChI=1S/C13H13Cl2N5/c1-2-3-17-12-11(16)13(19-7-18-12)20-10-5-8(14)4-9(15)6-10/h2,4-7H,1,3,16H2,(H2,17,18,19,20). The van der Waals surface area contributed by atoms with Crippen LogP contribution >= 0.6 is 23.2 Å². The quantitative estimate of drug-likeness (QED) is 0.734. The van der Waals surface area contributed by atoms with E-state index in [4.69, 9.17) is 28.9 Å². The number of nitrogens with zero attached hydrogens (tertiary/aromatic N) is 2. The number of nitrogens with one attached hydrogen (secondary N) is 2. The highest BCUT2D eigenvalue weighted by Gasteiger charge is 2.08. The third kappa shape index (κ3) is 3.53. The Morgan fingerprint density at radius 2 is 1.80 bits per heavy atom. The molecule has 1 aromatic heterocycles. The van der Waals surface area contributed by atoms with Crippen LogP contribution < -0.4 is 16.4 Å². The third-order valence-corrected chi connectivity index (χ3v) is 2.86. The molecule has 0 unspecified atom stereocenters. The molecule has 20 heavy (non-hydrogen) atoms. The molecule has 1 heterocycles. The molecule has 0 aliphatic heterocycles. The fraction of sp³-hybridized carbons (Fsp3) is 0.0769. The molecule has 0 spiro atoms. The first-order valence-corrected chi connectivity index (χ1v) is 6.54. The van der Waals surface area contributed by atoms with Gasteiger partial charge in [0.1, 0.15) is 12.0 Å². The molecule has 0 amide bonds. The highest BCUT2D eigenvalue weighted by molar-refractivity contribution is 6.35. The van der Waals surface area contributed by atoms with Crippen LogP contribution in [-0.2, 0) is 0 Å². The van der Waals surface area contributed by atoms with Gasteiger partial charge in [0.2, 0.25) is 0 Å². The maximum atomic E-state index is 6.00. The van der Waals surface area contributed by atoms with Gasteiger partial charge in [0.15, 0.2) is 11.6 Å². The summed E-state index contributed by atoms with van der Waals surface area (Å²) >= 11 is 11.9. The summed E-state index contributed by atoms with van der Waals surface area (Å²) in [5.41, 5.74) is 7.10. The smallest absolute Gasteiger partial charge is 0.159 e. The summed E-state index contributed by atoms with van der Waals surface area (Å²) in [6, 6.07) is 5.10. The van der Waals surface area contributed by atoms with E-state index in [-0.39, 0.29) is 0 Å². The second-order valence-electron chi connectivity index (χ2n) is 3.94. The van der Waals surface area contributed by atoms with Gasteiger partial charge in [-0.2, -0.15) is 0 Å². The minimum atomic E-state index is 0.408. The van der Waals surface area contributed by atoms with Gasteiger partial charge in [0.25, 0.3) is 0 Å². The number of nitrogen functional groups attached to an aromatic ring is 1. The van der Waals surface area contributed by atoms with Crippen molar-refractivity contribution >= 4 is 46.2 Å². The Morgan fingerprint density at radius 1 is 1.15 bits per heavy atom. The molecule has 0 fully saturated rings. The van der Waals surface area contributed by atoms with E-state index < -0.39 is 0 Å². The molecule has 0 atom stereocenters. The SMILES string of the molecule is C=CCNc1ncnc(Nc2cc(Cl)cc(Cl)c2)c1N. The van der Waals surface area contributed by atoms with Crippen LogP contribution in [0.2, 0.25) is 10.0 Å². The maximum absolute atomic E-state index is 6.00. The van der Waals surface area contributed by atoms with Gasteiger partial charge in [-0.3, -0.25) is 0 Å². The van der Waals surface area contributed by atoms with Gasteiger partial charge in [-0.15, -0.1) is 6.58 Å². The molecule has 0 saturated carbocycles. The van der Waals surface area contributed by atoms with Crippen molar-refractivity contribution in [2.75, 3.05) is 22.9 Å². The van der Waals surface area contributed by atoms with Gasteiger partial charge in [-0.25, -0.2) is 9.97 Å². The van der Waals surface area contributed by atoms with E-state index in [0.29, 0.717) is 39.6 Å². The average Bonchev–Trinajstić information content (AvgIpc) is 2.38. The predicted octanol–water partition coefficient (Wildman–Crippen LogP) is 3.71. The lowest BCUT2D eigenvalue weighted by Gasteiger charge is -2.12. The lowest BCUT2D eigenvalue weighted by molar-refractivity contribution is 1.14. The molecule has 0 radical (unpaired) electrons. The number of halogens is 2. The van der Waals surface area contributed by atoms with Gasteiger partial charge < -0.3 is 16.4 Å². The highest BCUT2D eigenvalue weighted by atomic mass is 35.5. The van der Waals surface area contributed by atoms with Gasteiger partial charge in [-0.05, 0) is 18.2 Å². The van der Waals surface area contributed by atoms with Gasteiger partial charge in [-0.1, -0.05) is 29.3 Å². The Kier molecular flexibility index (Phi) is 4.65. The minimum Gasteiger partial charge on any atom is -0.393 e. The van der Waals surface area contributed by atoms with E-state index in [1.807, 2.05) is 0 Å². The van der Waals surface area contributed by atoms with Crippen LogP contribution in [0.4, 0.5) is 23.0 Å². The van der Waals surface area contributed by atoms with Crippen molar-refractivity contribution in [3.63, 3.8) is 0 Å². The van der Waals surface area contributed by atoms with Crippen molar-refractivity contribution in [2.45, 2.75) is 0 Å². The van der Waals surface area contributed by atoms with E-state index in [1.165, 1.54) is 6.33 Å². The van der Waals surface area contributed by atoms with Crippen molar-refractivity contribution in [3.8, 4) is 0 Å². The zero-order chi connectivity index (χ0) is 14.5. The fourth-order valence-electron chi connectivity index (χ4n) is 1.57. The molecule has 104 valence electrons. The number of rotatable bonds is 5. The van der Waals surface area contributed by atoms with Crippen LogP contribution in [-0.4, -0.2) is 16.5 Å². The summed E-state index contributed by atoms with van der Waals surface area (Å²) in [5, 5.41) is 7.14. The fourth-order valence-corrected chi connectivity index (χ4v) is 2.09. The first-order valence-electron chi connectivity index (χ1n) is 5.78. The molecule has 4 N–H and O–H groups in total. The van der Waals surface area contributed by atoms with Crippen molar-refractivity contribution in [2.24, 2.45) is 0 Å². The van der Waals surface area contributed by atoms with Crippen LogP contribution in [0, 0.1) is 0 Å². The molecule has 2 aromatic rings. The summed E-state index contributed by atoms with van der Waals surface area (Å²) in [6.07, 6.45) is 3.13. The third-order valence-electron chi connectivity index (χ3n) is 2.42. The second-order valence-corrected chi connectivity index (χ2v) is 4.81. The van der Waals surface area contributed by atoms with Crippen LogP contribution in [0.15, 0.2) is 37.2 Å². The Hall–Kier alpha value is -1.98. The molecule has 2 rings (SSSR count). The molecule has 0 aliphatic carbocycles. The van der Waals surface area contributed by atoms with E-state index in [1.54, 1.807) is 24.3 Å². The minimum absolute atomic E-state index is 0.408. The summed E-state index contributed by atoms with van der Waals surface area (Å²) < 4.78 is 0. The van der Waals surface area contributed by atoms with Crippen LogP contribution in [0.25, 0.3) is 0 Å². The molecule has 0 bridgehead atoms. The van der Waals surface area contributed by atoms with E-state index in [0.717, 1.165) is 0 Å². The Balaban J connectivity index is 2.26. The zero-order valence-corrected chi connectivity index (χ0v) is 12.0. The van der Waals surface area contributed by atoms with Crippen molar-refractivity contribution < 1.29 is 0 Å². The summed E-state index contributed by atoms with van der Waals surface area (Å²) in [7, 11) is 0. The normalized spacial score (nSPS) is 10.1. The van der Waals surface area contributed by atoms with Crippen LogP contribution in [0.3, 0.4) is 0 Å². The second kappa shape index (κ2) is 6.45. The summed E-state index contributed by atoms with van der Waals surface area (Å²) in [6.45, 7) is 4.18. The molecular weight excluding hydrogens is 297 g/mol. The highest BCUT2D eigenvalue weighted by Crippen LogP contribution is 2.28. The van der Waals surface area contributed by atoms with Gasteiger partial charge in [0.05, 0.1) is 0 Å². The molecule has 7 heteroatoms. The van der Waals surface area contributed by atoms with Crippen molar-refractivity contribution in [1.82, 2.24) is 9.97 Å². The number of anilines is 4. The van der Waals surface area contributed by atoms with E-state index in [9.17, 15) is 0 Å². The average molecular weight is 310 g/mol. The molecule has 0 aliphatic rings. The monoisotopic (exact) mass is 309 g/mol. The number of aromatic nitrogens is 2. The first-order chi connectivity index (χ1) is 9.60.